The molecular weight excluding hydrogens is 365 g/mol. The highest BCUT2D eigenvalue weighted by Gasteiger charge is 2.29. The van der Waals surface area contributed by atoms with Crippen molar-refractivity contribution in [2.45, 2.75) is 25.3 Å². The van der Waals surface area contributed by atoms with Crippen molar-refractivity contribution in [2.24, 2.45) is 11.7 Å². The molecule has 0 bridgehead atoms. The van der Waals surface area contributed by atoms with E-state index in [1.807, 2.05) is 6.26 Å². The number of hydrogen-bond acceptors (Lipinski definition) is 4. The van der Waals surface area contributed by atoms with Gasteiger partial charge in [0.15, 0.2) is 0 Å². The second-order valence-corrected chi connectivity index (χ2v) is 6.97. The van der Waals surface area contributed by atoms with Crippen LogP contribution in [0.4, 0.5) is 10.1 Å². The van der Waals surface area contributed by atoms with Crippen LogP contribution in [0.1, 0.15) is 19.3 Å². The first-order chi connectivity index (χ1) is 11.5. The zero-order chi connectivity index (χ0) is 17.5. The van der Waals surface area contributed by atoms with Crippen molar-refractivity contribution in [2.75, 3.05) is 30.4 Å². The van der Waals surface area contributed by atoms with Crippen molar-refractivity contribution in [3.05, 3.63) is 30.1 Å². The van der Waals surface area contributed by atoms with Crippen LogP contribution in [0.3, 0.4) is 0 Å². The molecule has 5 nitrogen and oxygen atoms in total. The van der Waals surface area contributed by atoms with Crippen molar-refractivity contribution in [1.82, 2.24) is 4.90 Å². The minimum atomic E-state index is -0.456. The molecule has 0 radical (unpaired) electrons. The number of likely N-dealkylation sites (tertiary alicyclic amines) is 1. The Hall–Kier alpha value is -1.31. The Morgan fingerprint density at radius 1 is 1.32 bits per heavy atom. The van der Waals surface area contributed by atoms with E-state index in [2.05, 4.69) is 5.32 Å². The SMILES string of the molecule is CSCC[C@H](N)C(=O)N1CCC(C(=O)Nc2ccc(F)cc2)CC1.Cl. The van der Waals surface area contributed by atoms with E-state index in [9.17, 15) is 14.0 Å². The Bertz CT molecular complexity index is 566. The Morgan fingerprint density at radius 2 is 1.92 bits per heavy atom. The van der Waals surface area contributed by atoms with Crippen LogP contribution >= 0.6 is 24.2 Å². The number of carbonyl (C=O) groups is 2. The van der Waals surface area contributed by atoms with Gasteiger partial charge in [0.2, 0.25) is 11.8 Å². The van der Waals surface area contributed by atoms with Gasteiger partial charge >= 0.3 is 0 Å². The highest BCUT2D eigenvalue weighted by molar-refractivity contribution is 7.98. The smallest absolute Gasteiger partial charge is 0.239 e. The molecule has 1 aromatic rings. The topological polar surface area (TPSA) is 75.4 Å². The molecule has 0 aliphatic carbocycles. The minimum absolute atomic E-state index is 0. The molecule has 1 aromatic carbocycles. The fourth-order valence-corrected chi connectivity index (χ4v) is 3.23. The number of rotatable bonds is 6. The molecule has 25 heavy (non-hydrogen) atoms. The van der Waals surface area contributed by atoms with Crippen LogP contribution in [-0.2, 0) is 9.59 Å². The van der Waals surface area contributed by atoms with Crippen molar-refractivity contribution < 1.29 is 14.0 Å². The van der Waals surface area contributed by atoms with Gasteiger partial charge in [0, 0.05) is 24.7 Å². The van der Waals surface area contributed by atoms with E-state index in [1.165, 1.54) is 24.3 Å². The first-order valence-corrected chi connectivity index (χ1v) is 9.50. The van der Waals surface area contributed by atoms with Gasteiger partial charge in [-0.3, -0.25) is 9.59 Å². The third-order valence-electron chi connectivity index (χ3n) is 4.24. The Labute approximate surface area is 158 Å². The van der Waals surface area contributed by atoms with Crippen LogP contribution in [0.5, 0.6) is 0 Å². The molecule has 1 aliphatic rings. The molecule has 1 atom stereocenters. The predicted molar refractivity (Wildman–Crippen MR) is 103 cm³/mol. The maximum absolute atomic E-state index is 12.9. The number of anilines is 1. The summed E-state index contributed by atoms with van der Waals surface area (Å²) in [6.07, 6.45) is 3.90. The zero-order valence-electron chi connectivity index (χ0n) is 14.2. The molecule has 3 N–H and O–H groups in total. The summed E-state index contributed by atoms with van der Waals surface area (Å²) >= 11 is 1.67. The van der Waals surface area contributed by atoms with Crippen molar-refractivity contribution in [1.29, 1.82) is 0 Å². The third kappa shape index (κ3) is 6.49. The Morgan fingerprint density at radius 3 is 2.48 bits per heavy atom. The molecule has 0 aromatic heterocycles. The lowest BCUT2D eigenvalue weighted by molar-refractivity contribution is -0.135. The quantitative estimate of drug-likeness (QED) is 0.783. The zero-order valence-corrected chi connectivity index (χ0v) is 15.9. The van der Waals surface area contributed by atoms with Gasteiger partial charge in [0.25, 0.3) is 0 Å². The summed E-state index contributed by atoms with van der Waals surface area (Å²) in [5.41, 5.74) is 6.51. The van der Waals surface area contributed by atoms with Gasteiger partial charge in [-0.05, 0) is 55.5 Å². The predicted octanol–water partition coefficient (Wildman–Crippen LogP) is 2.51. The van der Waals surface area contributed by atoms with E-state index in [0.717, 1.165) is 5.75 Å². The number of amides is 2. The first-order valence-electron chi connectivity index (χ1n) is 8.11. The molecule has 0 unspecified atom stereocenters. The monoisotopic (exact) mass is 389 g/mol. The number of piperidine rings is 1. The number of nitrogens with two attached hydrogens (primary N) is 1. The highest BCUT2D eigenvalue weighted by atomic mass is 35.5. The van der Waals surface area contributed by atoms with Crippen LogP contribution < -0.4 is 11.1 Å². The normalized spacial score (nSPS) is 16.0. The van der Waals surface area contributed by atoms with Crippen LogP contribution in [0.2, 0.25) is 0 Å². The van der Waals surface area contributed by atoms with E-state index in [0.29, 0.717) is 38.0 Å². The van der Waals surface area contributed by atoms with Gasteiger partial charge in [-0.25, -0.2) is 4.39 Å². The Kier molecular flexibility index (Phi) is 9.24. The van der Waals surface area contributed by atoms with E-state index in [4.69, 9.17) is 5.73 Å². The van der Waals surface area contributed by atoms with Crippen LogP contribution in [0, 0.1) is 11.7 Å². The third-order valence-corrected chi connectivity index (χ3v) is 4.88. The number of carbonyl (C=O) groups excluding carboxylic acids is 2. The number of nitrogens with one attached hydrogen (secondary N) is 1. The lowest BCUT2D eigenvalue weighted by Gasteiger charge is -2.33. The van der Waals surface area contributed by atoms with Gasteiger partial charge in [-0.2, -0.15) is 11.8 Å². The second kappa shape index (κ2) is 10.6. The van der Waals surface area contributed by atoms with Gasteiger partial charge in [-0.1, -0.05) is 0 Å². The molecule has 1 aliphatic heterocycles. The van der Waals surface area contributed by atoms with E-state index in [1.54, 1.807) is 16.7 Å². The highest BCUT2D eigenvalue weighted by Crippen LogP contribution is 2.20. The summed E-state index contributed by atoms with van der Waals surface area (Å²) in [7, 11) is 0. The summed E-state index contributed by atoms with van der Waals surface area (Å²) in [4.78, 5) is 26.3. The minimum Gasteiger partial charge on any atom is -0.341 e. The summed E-state index contributed by atoms with van der Waals surface area (Å²) in [6.45, 7) is 1.10. The second-order valence-electron chi connectivity index (χ2n) is 5.98. The van der Waals surface area contributed by atoms with Gasteiger partial charge in [0.05, 0.1) is 6.04 Å². The van der Waals surface area contributed by atoms with Gasteiger partial charge in [0.1, 0.15) is 5.82 Å². The first kappa shape index (κ1) is 21.7. The van der Waals surface area contributed by atoms with Crippen LogP contribution in [0.15, 0.2) is 24.3 Å². The number of benzene rings is 1. The molecule has 1 fully saturated rings. The summed E-state index contributed by atoms with van der Waals surface area (Å²) in [6, 6.07) is 5.24. The van der Waals surface area contributed by atoms with E-state index >= 15 is 0 Å². The summed E-state index contributed by atoms with van der Waals surface area (Å²) in [5, 5.41) is 2.80. The average molecular weight is 390 g/mol. The fraction of sp³-hybridized carbons (Fsp3) is 0.529. The van der Waals surface area contributed by atoms with Crippen molar-refractivity contribution in [3.63, 3.8) is 0 Å². The summed E-state index contributed by atoms with van der Waals surface area (Å²) < 4.78 is 12.9. The molecule has 2 rings (SSSR count). The summed E-state index contributed by atoms with van der Waals surface area (Å²) in [5.74, 6) is 0.282. The largest absolute Gasteiger partial charge is 0.341 e. The fourth-order valence-electron chi connectivity index (χ4n) is 2.74. The lowest BCUT2D eigenvalue weighted by Crippen LogP contribution is -2.48. The number of thioether (sulfide) groups is 1. The lowest BCUT2D eigenvalue weighted by atomic mass is 9.95. The Balaban J connectivity index is 0.00000312. The van der Waals surface area contributed by atoms with Crippen molar-refractivity contribution >= 4 is 41.7 Å². The van der Waals surface area contributed by atoms with Crippen LogP contribution in [0.25, 0.3) is 0 Å². The molecule has 0 spiro atoms. The maximum atomic E-state index is 12.9. The average Bonchev–Trinajstić information content (AvgIpc) is 2.61. The maximum Gasteiger partial charge on any atom is 0.239 e. The van der Waals surface area contributed by atoms with Crippen LogP contribution in [-0.4, -0.2) is 47.9 Å². The van der Waals surface area contributed by atoms with E-state index in [-0.39, 0.29) is 36.0 Å². The number of halogens is 2. The van der Waals surface area contributed by atoms with Gasteiger partial charge in [-0.15, -0.1) is 12.4 Å². The van der Waals surface area contributed by atoms with Crippen molar-refractivity contribution in [3.8, 4) is 0 Å². The number of nitrogens with zero attached hydrogens (tertiary/aromatic N) is 1. The molecule has 8 heteroatoms. The molecule has 1 heterocycles. The number of hydrogen-bond donors (Lipinski definition) is 2. The molecular formula is C17H25ClFN3O2S. The standard InChI is InChI=1S/C17H24FN3O2S.ClH/c1-24-11-8-15(19)17(23)21-9-6-12(7-10-21)16(22)20-14-4-2-13(18)3-5-14;/h2-5,12,15H,6-11,19H2,1H3,(H,20,22);1H/t15-;/m0./s1. The van der Waals surface area contributed by atoms with Gasteiger partial charge < -0.3 is 16.0 Å². The molecule has 0 saturated carbocycles. The molecule has 1 saturated heterocycles. The van der Waals surface area contributed by atoms with E-state index < -0.39 is 6.04 Å². The molecule has 140 valence electrons. The molecule has 2 amide bonds.